The molecule has 0 spiro atoms. The largest absolute Gasteiger partial charge is 0.379 e. The zero-order valence-electron chi connectivity index (χ0n) is 10.6. The van der Waals surface area contributed by atoms with E-state index in [1.807, 2.05) is 0 Å². The maximum Gasteiger partial charge on any atom is 0.191 e. The molecule has 1 aliphatic rings. The summed E-state index contributed by atoms with van der Waals surface area (Å²) in [7, 11) is 1.80. The van der Waals surface area contributed by atoms with Crippen LogP contribution in [0.25, 0.3) is 0 Å². The topological polar surface area (TPSA) is 45.7 Å². The number of rotatable bonds is 8. The molecule has 1 fully saturated rings. The van der Waals surface area contributed by atoms with Crippen LogP contribution in [0.15, 0.2) is 4.99 Å². The molecule has 0 unspecified atom stereocenters. The molecule has 1 rings (SSSR count). The van der Waals surface area contributed by atoms with Gasteiger partial charge < -0.3 is 15.4 Å². The Labute approximate surface area is 98.9 Å². The fraction of sp³-hybridized carbons (Fsp3) is 0.917. The normalized spacial score (nSPS) is 16.2. The standard InChI is InChI=1S/C12H25N3O/c1-3-4-7-14-12(13-2)15-8-9-16-10-11-5-6-11/h11H,3-10H2,1-2H3,(H2,13,14,15). The number of hydrogen-bond donors (Lipinski definition) is 2. The van der Waals surface area contributed by atoms with Gasteiger partial charge in [0.2, 0.25) is 0 Å². The Kier molecular flexibility index (Phi) is 6.97. The first-order chi connectivity index (χ1) is 7.86. The molecule has 4 nitrogen and oxygen atoms in total. The molecule has 1 aliphatic carbocycles. The van der Waals surface area contributed by atoms with Crippen molar-refractivity contribution < 1.29 is 4.74 Å². The predicted molar refractivity (Wildman–Crippen MR) is 67.8 cm³/mol. The van der Waals surface area contributed by atoms with Crippen LogP contribution in [0, 0.1) is 5.92 Å². The molecule has 4 heteroatoms. The lowest BCUT2D eigenvalue weighted by atomic mass is 10.3. The van der Waals surface area contributed by atoms with Gasteiger partial charge in [0.25, 0.3) is 0 Å². The summed E-state index contributed by atoms with van der Waals surface area (Å²) in [6.45, 7) is 5.70. The molecule has 0 atom stereocenters. The second-order valence-electron chi connectivity index (χ2n) is 4.30. The fourth-order valence-corrected chi connectivity index (χ4v) is 1.38. The Balaban J connectivity index is 1.91. The minimum Gasteiger partial charge on any atom is -0.379 e. The summed E-state index contributed by atoms with van der Waals surface area (Å²) >= 11 is 0. The number of aliphatic imine (C=N–C) groups is 1. The maximum absolute atomic E-state index is 5.53. The zero-order chi connectivity index (χ0) is 11.6. The van der Waals surface area contributed by atoms with Crippen molar-refractivity contribution >= 4 is 5.96 Å². The SMILES string of the molecule is CCCCNC(=NC)NCCOCC1CC1. The molecule has 0 aromatic heterocycles. The molecular weight excluding hydrogens is 202 g/mol. The molecule has 2 N–H and O–H groups in total. The second-order valence-corrected chi connectivity index (χ2v) is 4.30. The first-order valence-corrected chi connectivity index (χ1v) is 6.39. The van der Waals surface area contributed by atoms with E-state index in [0.29, 0.717) is 0 Å². The maximum atomic E-state index is 5.53. The third-order valence-corrected chi connectivity index (χ3v) is 2.64. The van der Waals surface area contributed by atoms with Gasteiger partial charge in [-0.3, -0.25) is 4.99 Å². The molecule has 94 valence electrons. The highest BCUT2D eigenvalue weighted by Gasteiger charge is 2.20. The second kappa shape index (κ2) is 8.39. The Morgan fingerprint density at radius 2 is 2.06 bits per heavy atom. The average molecular weight is 227 g/mol. The lowest BCUT2D eigenvalue weighted by Gasteiger charge is -2.11. The molecule has 1 saturated carbocycles. The van der Waals surface area contributed by atoms with Gasteiger partial charge in [-0.15, -0.1) is 0 Å². The molecule has 0 bridgehead atoms. The van der Waals surface area contributed by atoms with Gasteiger partial charge in [0.1, 0.15) is 0 Å². The van der Waals surface area contributed by atoms with E-state index in [-0.39, 0.29) is 0 Å². The molecule has 0 aromatic carbocycles. The van der Waals surface area contributed by atoms with Crippen LogP contribution in [-0.2, 0) is 4.74 Å². The van der Waals surface area contributed by atoms with Gasteiger partial charge in [0, 0.05) is 26.7 Å². The monoisotopic (exact) mass is 227 g/mol. The number of nitrogens with one attached hydrogen (secondary N) is 2. The van der Waals surface area contributed by atoms with Gasteiger partial charge >= 0.3 is 0 Å². The zero-order valence-corrected chi connectivity index (χ0v) is 10.6. The van der Waals surface area contributed by atoms with E-state index in [9.17, 15) is 0 Å². The van der Waals surface area contributed by atoms with Crippen LogP contribution < -0.4 is 10.6 Å². The number of ether oxygens (including phenoxy) is 1. The van der Waals surface area contributed by atoms with Gasteiger partial charge in [0.15, 0.2) is 5.96 Å². The summed E-state index contributed by atoms with van der Waals surface area (Å²) in [5, 5.41) is 6.50. The first kappa shape index (κ1) is 13.3. The number of hydrogen-bond acceptors (Lipinski definition) is 2. The minimum atomic E-state index is 0.769. The van der Waals surface area contributed by atoms with E-state index in [1.165, 1.54) is 25.7 Å². The number of unbranched alkanes of at least 4 members (excludes halogenated alkanes) is 1. The Morgan fingerprint density at radius 3 is 2.69 bits per heavy atom. The summed E-state index contributed by atoms with van der Waals surface area (Å²) in [5.41, 5.74) is 0. The third kappa shape index (κ3) is 6.67. The van der Waals surface area contributed by atoms with Gasteiger partial charge in [-0.2, -0.15) is 0 Å². The molecule has 0 heterocycles. The summed E-state index contributed by atoms with van der Waals surface area (Å²) in [6, 6.07) is 0. The van der Waals surface area contributed by atoms with Crippen LogP contribution in [0.3, 0.4) is 0 Å². The van der Waals surface area contributed by atoms with E-state index in [4.69, 9.17) is 4.74 Å². The highest BCUT2D eigenvalue weighted by Crippen LogP contribution is 2.28. The quantitative estimate of drug-likeness (QED) is 0.374. The van der Waals surface area contributed by atoms with Crippen LogP contribution in [0.4, 0.5) is 0 Å². The van der Waals surface area contributed by atoms with Crippen molar-refractivity contribution in [3.8, 4) is 0 Å². The summed E-state index contributed by atoms with van der Waals surface area (Å²) < 4.78 is 5.53. The smallest absolute Gasteiger partial charge is 0.191 e. The van der Waals surface area contributed by atoms with E-state index >= 15 is 0 Å². The van der Waals surface area contributed by atoms with Gasteiger partial charge in [-0.05, 0) is 25.2 Å². The summed E-state index contributed by atoms with van der Waals surface area (Å²) in [6.07, 6.45) is 5.09. The van der Waals surface area contributed by atoms with Crippen molar-refractivity contribution in [1.29, 1.82) is 0 Å². The molecule has 0 aromatic rings. The molecule has 0 saturated heterocycles. The van der Waals surface area contributed by atoms with Gasteiger partial charge in [-0.1, -0.05) is 13.3 Å². The van der Waals surface area contributed by atoms with Crippen molar-refractivity contribution in [3.05, 3.63) is 0 Å². The van der Waals surface area contributed by atoms with Crippen molar-refractivity contribution in [2.24, 2.45) is 10.9 Å². The number of guanidine groups is 1. The number of nitrogens with zero attached hydrogens (tertiary/aromatic N) is 1. The molecular formula is C12H25N3O. The van der Waals surface area contributed by atoms with E-state index in [0.717, 1.165) is 38.2 Å². The van der Waals surface area contributed by atoms with Crippen LogP contribution in [-0.4, -0.2) is 39.3 Å². The highest BCUT2D eigenvalue weighted by molar-refractivity contribution is 5.79. The Bertz CT molecular complexity index is 202. The first-order valence-electron chi connectivity index (χ1n) is 6.39. The molecule has 16 heavy (non-hydrogen) atoms. The van der Waals surface area contributed by atoms with Crippen LogP contribution in [0.2, 0.25) is 0 Å². The fourth-order valence-electron chi connectivity index (χ4n) is 1.38. The highest BCUT2D eigenvalue weighted by atomic mass is 16.5. The summed E-state index contributed by atoms with van der Waals surface area (Å²) in [5.74, 6) is 1.73. The van der Waals surface area contributed by atoms with Crippen molar-refractivity contribution in [1.82, 2.24) is 10.6 Å². The van der Waals surface area contributed by atoms with E-state index in [2.05, 4.69) is 22.5 Å². The lowest BCUT2D eigenvalue weighted by molar-refractivity contribution is 0.129. The lowest BCUT2D eigenvalue weighted by Crippen LogP contribution is -2.39. The van der Waals surface area contributed by atoms with Crippen molar-refractivity contribution in [2.45, 2.75) is 32.6 Å². The minimum absolute atomic E-state index is 0.769. The van der Waals surface area contributed by atoms with Gasteiger partial charge in [-0.25, -0.2) is 0 Å². The van der Waals surface area contributed by atoms with Crippen LogP contribution in [0.5, 0.6) is 0 Å². The average Bonchev–Trinajstić information content (AvgIpc) is 3.10. The van der Waals surface area contributed by atoms with Crippen molar-refractivity contribution in [2.75, 3.05) is 33.4 Å². The molecule has 0 radical (unpaired) electrons. The van der Waals surface area contributed by atoms with E-state index < -0.39 is 0 Å². The van der Waals surface area contributed by atoms with Crippen molar-refractivity contribution in [3.63, 3.8) is 0 Å². The molecule has 0 aliphatic heterocycles. The van der Waals surface area contributed by atoms with Gasteiger partial charge in [0.05, 0.1) is 6.61 Å². The Hall–Kier alpha value is -0.770. The van der Waals surface area contributed by atoms with Crippen LogP contribution in [0.1, 0.15) is 32.6 Å². The van der Waals surface area contributed by atoms with Crippen LogP contribution >= 0.6 is 0 Å². The third-order valence-electron chi connectivity index (χ3n) is 2.64. The van der Waals surface area contributed by atoms with E-state index in [1.54, 1.807) is 7.05 Å². The molecule has 0 amide bonds. The Morgan fingerprint density at radius 1 is 1.31 bits per heavy atom. The summed E-state index contributed by atoms with van der Waals surface area (Å²) in [4.78, 5) is 4.14. The predicted octanol–water partition coefficient (Wildman–Crippen LogP) is 1.38.